The van der Waals surface area contributed by atoms with Crippen LogP contribution >= 0.6 is 11.8 Å². The molecule has 0 saturated heterocycles. The van der Waals surface area contributed by atoms with E-state index in [-0.39, 0.29) is 11.2 Å². The van der Waals surface area contributed by atoms with Crippen LogP contribution in [0.1, 0.15) is 49.2 Å². The minimum Gasteiger partial charge on any atom is -0.325 e. The van der Waals surface area contributed by atoms with Gasteiger partial charge in [0, 0.05) is 17.1 Å². The first-order chi connectivity index (χ1) is 12.8. The molecule has 0 spiro atoms. The summed E-state index contributed by atoms with van der Waals surface area (Å²) in [6, 6.07) is 7.90. The molecule has 0 aliphatic rings. The van der Waals surface area contributed by atoms with Crippen molar-refractivity contribution in [1.29, 1.82) is 0 Å². The van der Waals surface area contributed by atoms with Crippen LogP contribution in [0.2, 0.25) is 0 Å². The quantitative estimate of drug-likeness (QED) is 0.665. The molecule has 2 heterocycles. The summed E-state index contributed by atoms with van der Waals surface area (Å²) in [6.45, 7) is 12.1. The van der Waals surface area contributed by atoms with Crippen molar-refractivity contribution in [2.24, 2.45) is 0 Å². The lowest BCUT2D eigenvalue weighted by Crippen LogP contribution is -2.23. The number of nitrogens with zero attached hydrogens (tertiary/aromatic N) is 4. The van der Waals surface area contributed by atoms with Crippen molar-refractivity contribution in [3.05, 3.63) is 46.8 Å². The molecule has 1 amide bonds. The standard InChI is InChI=1S/C20H25N5OS/c1-11(2)16-9-7-8-10-17(16)22-18(26)15(6)27-20-23-19-21-13(4)12(3)14(5)25(19)24-20/h7-11,15H,1-6H3,(H,22,26)/t15-/m0/s1. The van der Waals surface area contributed by atoms with Gasteiger partial charge >= 0.3 is 0 Å². The number of carbonyl (C=O) groups excluding carboxylic acids is 1. The predicted molar refractivity (Wildman–Crippen MR) is 109 cm³/mol. The molecule has 7 heteroatoms. The van der Waals surface area contributed by atoms with Crippen LogP contribution in [0.5, 0.6) is 0 Å². The Balaban J connectivity index is 1.77. The highest BCUT2D eigenvalue weighted by atomic mass is 32.2. The van der Waals surface area contributed by atoms with Crippen molar-refractivity contribution in [3.63, 3.8) is 0 Å². The minimum absolute atomic E-state index is 0.0657. The van der Waals surface area contributed by atoms with Gasteiger partial charge in [0.2, 0.25) is 11.1 Å². The van der Waals surface area contributed by atoms with Gasteiger partial charge in [0.25, 0.3) is 5.78 Å². The number of fused-ring (bicyclic) bond motifs is 1. The molecular weight excluding hydrogens is 358 g/mol. The summed E-state index contributed by atoms with van der Waals surface area (Å²) in [4.78, 5) is 21.6. The van der Waals surface area contributed by atoms with E-state index in [2.05, 4.69) is 34.2 Å². The lowest BCUT2D eigenvalue weighted by Gasteiger charge is -2.15. The van der Waals surface area contributed by atoms with E-state index >= 15 is 0 Å². The van der Waals surface area contributed by atoms with Crippen molar-refractivity contribution in [2.75, 3.05) is 5.32 Å². The second-order valence-corrected chi connectivity index (χ2v) is 8.31. The molecule has 6 nitrogen and oxygen atoms in total. The monoisotopic (exact) mass is 383 g/mol. The second kappa shape index (κ2) is 7.68. The fourth-order valence-corrected chi connectivity index (χ4v) is 3.59. The molecule has 0 aliphatic heterocycles. The highest BCUT2D eigenvalue weighted by molar-refractivity contribution is 8.00. The molecule has 0 aliphatic carbocycles. The molecule has 0 saturated carbocycles. The maximum absolute atomic E-state index is 12.7. The van der Waals surface area contributed by atoms with Crippen LogP contribution in [-0.2, 0) is 4.79 Å². The zero-order valence-electron chi connectivity index (χ0n) is 16.6. The van der Waals surface area contributed by atoms with E-state index in [0.717, 1.165) is 28.2 Å². The number of benzene rings is 1. The van der Waals surface area contributed by atoms with Gasteiger partial charge in [0.05, 0.1) is 5.25 Å². The third kappa shape index (κ3) is 3.98. The van der Waals surface area contributed by atoms with E-state index in [1.807, 2.05) is 52.0 Å². The van der Waals surface area contributed by atoms with E-state index in [0.29, 0.717) is 16.9 Å². The second-order valence-electron chi connectivity index (χ2n) is 7.01. The van der Waals surface area contributed by atoms with Crippen LogP contribution in [0.25, 0.3) is 5.78 Å². The van der Waals surface area contributed by atoms with Gasteiger partial charge in [-0.25, -0.2) is 9.50 Å². The third-order valence-corrected chi connectivity index (χ3v) is 5.68. The average molecular weight is 384 g/mol. The Labute approximate surface area is 163 Å². The summed E-state index contributed by atoms with van der Waals surface area (Å²) in [6.07, 6.45) is 0. The number of anilines is 1. The topological polar surface area (TPSA) is 72.2 Å². The molecule has 3 rings (SSSR count). The normalized spacial score (nSPS) is 12.6. The van der Waals surface area contributed by atoms with Crippen LogP contribution in [0.4, 0.5) is 5.69 Å². The molecule has 2 aromatic heterocycles. The van der Waals surface area contributed by atoms with Crippen LogP contribution in [0, 0.1) is 20.8 Å². The molecule has 1 N–H and O–H groups in total. The molecule has 0 unspecified atom stereocenters. The largest absolute Gasteiger partial charge is 0.325 e. The number of rotatable bonds is 5. The minimum atomic E-state index is -0.329. The van der Waals surface area contributed by atoms with Gasteiger partial charge in [0.15, 0.2) is 0 Å². The number of thioether (sulfide) groups is 1. The van der Waals surface area contributed by atoms with E-state index in [9.17, 15) is 4.79 Å². The summed E-state index contributed by atoms with van der Waals surface area (Å²) in [5, 5.41) is 7.78. The van der Waals surface area contributed by atoms with Crippen LogP contribution in [0.15, 0.2) is 29.4 Å². The van der Waals surface area contributed by atoms with Gasteiger partial charge < -0.3 is 5.32 Å². The van der Waals surface area contributed by atoms with E-state index in [4.69, 9.17) is 0 Å². The number of aryl methyl sites for hydroxylation is 2. The first kappa shape index (κ1) is 19.4. The molecule has 0 radical (unpaired) electrons. The maximum Gasteiger partial charge on any atom is 0.253 e. The van der Waals surface area contributed by atoms with Crippen molar-refractivity contribution < 1.29 is 4.79 Å². The Morgan fingerprint density at radius 3 is 2.52 bits per heavy atom. The van der Waals surface area contributed by atoms with Gasteiger partial charge in [-0.3, -0.25) is 4.79 Å². The number of amides is 1. The number of carbonyl (C=O) groups is 1. The van der Waals surface area contributed by atoms with E-state index < -0.39 is 0 Å². The summed E-state index contributed by atoms with van der Waals surface area (Å²) in [5.74, 6) is 0.838. The average Bonchev–Trinajstić information content (AvgIpc) is 3.02. The zero-order valence-corrected chi connectivity index (χ0v) is 17.4. The first-order valence-electron chi connectivity index (χ1n) is 9.05. The molecule has 1 aromatic carbocycles. The third-order valence-electron chi connectivity index (χ3n) is 4.73. The van der Waals surface area contributed by atoms with Crippen molar-refractivity contribution >= 4 is 29.1 Å². The maximum atomic E-state index is 12.7. The number of aromatic nitrogens is 4. The van der Waals surface area contributed by atoms with E-state index in [1.165, 1.54) is 11.8 Å². The Morgan fingerprint density at radius 1 is 1.11 bits per heavy atom. The van der Waals surface area contributed by atoms with Crippen molar-refractivity contribution in [3.8, 4) is 0 Å². The summed E-state index contributed by atoms with van der Waals surface area (Å²) in [7, 11) is 0. The Morgan fingerprint density at radius 2 is 1.81 bits per heavy atom. The number of nitrogens with one attached hydrogen (secondary N) is 1. The molecule has 0 bridgehead atoms. The Hall–Kier alpha value is -2.41. The summed E-state index contributed by atoms with van der Waals surface area (Å²) >= 11 is 1.34. The van der Waals surface area contributed by atoms with Crippen LogP contribution in [0.3, 0.4) is 0 Å². The number of para-hydroxylation sites is 1. The SMILES string of the molecule is Cc1nc2nc(S[C@@H](C)C(=O)Nc3ccccc3C(C)C)nn2c(C)c1C. The van der Waals surface area contributed by atoms with Crippen LogP contribution < -0.4 is 5.32 Å². The molecule has 0 fully saturated rings. The number of hydrogen-bond donors (Lipinski definition) is 1. The fourth-order valence-electron chi connectivity index (χ4n) is 2.85. The Kier molecular flexibility index (Phi) is 5.51. The van der Waals surface area contributed by atoms with Gasteiger partial charge in [-0.05, 0) is 50.8 Å². The Bertz CT molecular complexity index is 995. The predicted octanol–water partition coefficient (Wildman–Crippen LogP) is 4.29. The molecule has 142 valence electrons. The smallest absolute Gasteiger partial charge is 0.253 e. The van der Waals surface area contributed by atoms with Gasteiger partial charge in [-0.15, -0.1) is 5.10 Å². The van der Waals surface area contributed by atoms with Crippen LogP contribution in [-0.4, -0.2) is 30.7 Å². The highest BCUT2D eigenvalue weighted by Crippen LogP contribution is 2.26. The lowest BCUT2D eigenvalue weighted by molar-refractivity contribution is -0.115. The van der Waals surface area contributed by atoms with Crippen molar-refractivity contribution in [2.45, 2.75) is 57.9 Å². The molecule has 27 heavy (non-hydrogen) atoms. The number of hydrogen-bond acceptors (Lipinski definition) is 5. The van der Waals surface area contributed by atoms with Crippen molar-refractivity contribution in [1.82, 2.24) is 19.6 Å². The van der Waals surface area contributed by atoms with Gasteiger partial charge in [-0.1, -0.05) is 43.8 Å². The zero-order chi connectivity index (χ0) is 19.7. The summed E-state index contributed by atoms with van der Waals surface area (Å²) < 4.78 is 1.74. The van der Waals surface area contributed by atoms with E-state index in [1.54, 1.807) is 4.52 Å². The first-order valence-corrected chi connectivity index (χ1v) is 9.93. The fraction of sp³-hybridized carbons (Fsp3) is 0.400. The molecular formula is C20H25N5OS. The summed E-state index contributed by atoms with van der Waals surface area (Å²) in [5.41, 5.74) is 5.04. The highest BCUT2D eigenvalue weighted by Gasteiger charge is 2.20. The van der Waals surface area contributed by atoms with Gasteiger partial charge in [0.1, 0.15) is 0 Å². The lowest BCUT2D eigenvalue weighted by atomic mass is 10.0. The molecule has 3 aromatic rings. The molecule has 1 atom stereocenters. The van der Waals surface area contributed by atoms with Gasteiger partial charge in [-0.2, -0.15) is 4.98 Å².